The molecule has 0 radical (unpaired) electrons. The molecule has 1 aromatic carbocycles. The normalized spacial score (nSPS) is 20.2. The van der Waals surface area contributed by atoms with Gasteiger partial charge < -0.3 is 10.1 Å². The van der Waals surface area contributed by atoms with Gasteiger partial charge in [0.2, 0.25) is 0 Å². The summed E-state index contributed by atoms with van der Waals surface area (Å²) < 4.78 is 9.66. The number of para-hydroxylation sites is 1. The number of nitrogens with one attached hydrogen (secondary N) is 1. The molecule has 3 heterocycles. The van der Waals surface area contributed by atoms with Crippen LogP contribution in [0.15, 0.2) is 55.1 Å². The van der Waals surface area contributed by atoms with Gasteiger partial charge in [-0.3, -0.25) is 4.68 Å². The molecule has 1 saturated heterocycles. The lowest BCUT2D eigenvalue weighted by Gasteiger charge is -2.17. The largest absolute Gasteiger partial charge is 0.373 e. The van der Waals surface area contributed by atoms with Crippen molar-refractivity contribution in [3.05, 3.63) is 66.2 Å². The summed E-state index contributed by atoms with van der Waals surface area (Å²) in [4.78, 5) is 0. The molecule has 0 unspecified atom stereocenters. The molecular weight excluding hydrogens is 314 g/mol. The monoisotopic (exact) mass is 337 g/mol. The van der Waals surface area contributed by atoms with E-state index in [0.717, 1.165) is 31.8 Å². The summed E-state index contributed by atoms with van der Waals surface area (Å²) in [5.74, 6) is 0.480. The Morgan fingerprint density at radius 3 is 2.84 bits per heavy atom. The predicted octanol–water partition coefficient (Wildman–Crippen LogP) is 2.47. The number of hydrogen-bond donors (Lipinski definition) is 1. The standard InChI is InChI=1S/C19H23N5O/c1-23-14-17(12-21-23)19-16(7-8-25-19)11-20-9-15-10-22-24(13-15)18-5-3-2-4-6-18/h2-6,10,12-14,16,19-20H,7-9,11H2,1H3/t16-,19+/m0/s1. The Balaban J connectivity index is 1.32. The molecule has 0 spiro atoms. The van der Waals surface area contributed by atoms with Gasteiger partial charge >= 0.3 is 0 Å². The molecule has 130 valence electrons. The molecule has 25 heavy (non-hydrogen) atoms. The molecule has 2 atom stereocenters. The van der Waals surface area contributed by atoms with Crippen molar-refractivity contribution in [2.24, 2.45) is 13.0 Å². The summed E-state index contributed by atoms with van der Waals surface area (Å²) in [6, 6.07) is 10.2. The third-order valence-corrected chi connectivity index (χ3v) is 4.66. The number of benzene rings is 1. The van der Waals surface area contributed by atoms with Crippen molar-refractivity contribution < 1.29 is 4.74 Å². The number of aromatic nitrogens is 4. The highest BCUT2D eigenvalue weighted by molar-refractivity contribution is 5.30. The maximum Gasteiger partial charge on any atom is 0.0896 e. The van der Waals surface area contributed by atoms with Crippen LogP contribution in [0.2, 0.25) is 0 Å². The third-order valence-electron chi connectivity index (χ3n) is 4.66. The van der Waals surface area contributed by atoms with Gasteiger partial charge in [0, 0.05) is 56.2 Å². The van der Waals surface area contributed by atoms with E-state index < -0.39 is 0 Å². The van der Waals surface area contributed by atoms with E-state index in [1.165, 1.54) is 11.1 Å². The van der Waals surface area contributed by atoms with Crippen LogP contribution in [0, 0.1) is 5.92 Å². The first-order chi connectivity index (χ1) is 12.3. The molecule has 0 aliphatic carbocycles. The Morgan fingerprint density at radius 1 is 1.16 bits per heavy atom. The highest BCUT2D eigenvalue weighted by Gasteiger charge is 2.30. The summed E-state index contributed by atoms with van der Waals surface area (Å²) in [6.45, 7) is 2.55. The van der Waals surface area contributed by atoms with Gasteiger partial charge in [-0.25, -0.2) is 4.68 Å². The van der Waals surface area contributed by atoms with E-state index in [1.54, 1.807) is 0 Å². The van der Waals surface area contributed by atoms with Gasteiger partial charge in [0.25, 0.3) is 0 Å². The minimum atomic E-state index is 0.147. The minimum absolute atomic E-state index is 0.147. The minimum Gasteiger partial charge on any atom is -0.373 e. The van der Waals surface area contributed by atoms with Gasteiger partial charge in [-0.15, -0.1) is 0 Å². The molecule has 3 aromatic rings. The van der Waals surface area contributed by atoms with Crippen LogP contribution in [0.1, 0.15) is 23.7 Å². The SMILES string of the molecule is Cn1cc([C@@H]2OCC[C@H]2CNCc2cnn(-c3ccccc3)c2)cn1. The first-order valence-corrected chi connectivity index (χ1v) is 8.69. The van der Waals surface area contributed by atoms with E-state index in [0.29, 0.717) is 5.92 Å². The smallest absolute Gasteiger partial charge is 0.0896 e. The highest BCUT2D eigenvalue weighted by Crippen LogP contribution is 2.33. The van der Waals surface area contributed by atoms with Crippen LogP contribution in [0.5, 0.6) is 0 Å². The van der Waals surface area contributed by atoms with Gasteiger partial charge in [0.05, 0.1) is 24.2 Å². The van der Waals surface area contributed by atoms with E-state index in [1.807, 2.05) is 53.2 Å². The van der Waals surface area contributed by atoms with E-state index in [9.17, 15) is 0 Å². The van der Waals surface area contributed by atoms with Crippen LogP contribution < -0.4 is 5.32 Å². The van der Waals surface area contributed by atoms with Gasteiger partial charge in [-0.1, -0.05) is 18.2 Å². The van der Waals surface area contributed by atoms with Crippen LogP contribution in [0.25, 0.3) is 5.69 Å². The Kier molecular flexibility index (Phi) is 4.63. The molecule has 1 N–H and O–H groups in total. The van der Waals surface area contributed by atoms with Crippen molar-refractivity contribution in [1.29, 1.82) is 0 Å². The number of aryl methyl sites for hydroxylation is 1. The van der Waals surface area contributed by atoms with Crippen molar-refractivity contribution in [2.75, 3.05) is 13.2 Å². The van der Waals surface area contributed by atoms with Crippen molar-refractivity contribution in [3.63, 3.8) is 0 Å². The molecule has 4 rings (SSSR count). The summed E-state index contributed by atoms with van der Waals surface area (Å²) >= 11 is 0. The lowest BCUT2D eigenvalue weighted by Crippen LogP contribution is -2.24. The number of ether oxygens (including phenoxy) is 1. The Morgan fingerprint density at radius 2 is 2.04 bits per heavy atom. The third kappa shape index (κ3) is 3.65. The molecule has 0 amide bonds. The topological polar surface area (TPSA) is 56.9 Å². The maximum atomic E-state index is 5.92. The number of nitrogens with zero attached hydrogens (tertiary/aromatic N) is 4. The average molecular weight is 337 g/mol. The number of hydrogen-bond acceptors (Lipinski definition) is 4. The molecule has 1 aliphatic rings. The van der Waals surface area contributed by atoms with Crippen LogP contribution >= 0.6 is 0 Å². The summed E-state index contributed by atoms with van der Waals surface area (Å²) in [7, 11) is 1.94. The van der Waals surface area contributed by atoms with Gasteiger partial charge in [0.1, 0.15) is 0 Å². The zero-order chi connectivity index (χ0) is 17.1. The van der Waals surface area contributed by atoms with Gasteiger partial charge in [-0.2, -0.15) is 10.2 Å². The molecule has 6 nitrogen and oxygen atoms in total. The van der Waals surface area contributed by atoms with Crippen LogP contribution in [-0.4, -0.2) is 32.7 Å². The second kappa shape index (κ2) is 7.21. The average Bonchev–Trinajstić information content (AvgIpc) is 3.36. The Labute approximate surface area is 147 Å². The molecule has 6 heteroatoms. The quantitative estimate of drug-likeness (QED) is 0.751. The fourth-order valence-corrected chi connectivity index (χ4v) is 3.37. The zero-order valence-electron chi connectivity index (χ0n) is 14.4. The van der Waals surface area contributed by atoms with Crippen molar-refractivity contribution in [2.45, 2.75) is 19.1 Å². The van der Waals surface area contributed by atoms with Crippen molar-refractivity contribution in [1.82, 2.24) is 24.9 Å². The fourth-order valence-electron chi connectivity index (χ4n) is 3.37. The maximum absolute atomic E-state index is 5.92. The van der Waals surface area contributed by atoms with E-state index >= 15 is 0 Å². The van der Waals surface area contributed by atoms with E-state index in [4.69, 9.17) is 4.74 Å². The lowest BCUT2D eigenvalue weighted by molar-refractivity contribution is 0.0904. The summed E-state index contributed by atoms with van der Waals surface area (Å²) in [5, 5.41) is 12.3. The second-order valence-corrected chi connectivity index (χ2v) is 6.55. The lowest BCUT2D eigenvalue weighted by atomic mass is 9.97. The second-order valence-electron chi connectivity index (χ2n) is 6.55. The first kappa shape index (κ1) is 16.1. The van der Waals surface area contributed by atoms with Gasteiger partial charge in [-0.05, 0) is 18.6 Å². The van der Waals surface area contributed by atoms with E-state index in [2.05, 4.69) is 33.8 Å². The molecule has 0 saturated carbocycles. The molecule has 1 fully saturated rings. The summed E-state index contributed by atoms with van der Waals surface area (Å²) in [5.41, 5.74) is 3.43. The molecular formula is C19H23N5O. The Hall–Kier alpha value is -2.44. The van der Waals surface area contributed by atoms with E-state index in [-0.39, 0.29) is 6.10 Å². The fraction of sp³-hybridized carbons (Fsp3) is 0.368. The van der Waals surface area contributed by atoms with Crippen LogP contribution in [-0.2, 0) is 18.3 Å². The Bertz CT molecular complexity index is 810. The first-order valence-electron chi connectivity index (χ1n) is 8.69. The zero-order valence-corrected chi connectivity index (χ0v) is 14.4. The van der Waals surface area contributed by atoms with Crippen LogP contribution in [0.4, 0.5) is 0 Å². The summed E-state index contributed by atoms with van der Waals surface area (Å²) in [6.07, 6.45) is 9.18. The molecule has 1 aliphatic heterocycles. The van der Waals surface area contributed by atoms with Crippen molar-refractivity contribution in [3.8, 4) is 5.69 Å². The molecule has 2 aromatic heterocycles. The molecule has 0 bridgehead atoms. The van der Waals surface area contributed by atoms with Gasteiger partial charge in [0.15, 0.2) is 0 Å². The van der Waals surface area contributed by atoms with Crippen LogP contribution in [0.3, 0.4) is 0 Å². The number of rotatable bonds is 6. The van der Waals surface area contributed by atoms with Crippen molar-refractivity contribution >= 4 is 0 Å². The highest BCUT2D eigenvalue weighted by atomic mass is 16.5. The predicted molar refractivity (Wildman–Crippen MR) is 95.3 cm³/mol.